The van der Waals surface area contributed by atoms with Crippen LogP contribution >= 0.6 is 15.9 Å². The van der Waals surface area contributed by atoms with Gasteiger partial charge in [0, 0.05) is 4.47 Å². The second-order valence-electron chi connectivity index (χ2n) is 9.10. The summed E-state index contributed by atoms with van der Waals surface area (Å²) in [7, 11) is 0. The molecule has 32 heavy (non-hydrogen) atoms. The number of carbonyl (C=O) groups excluding carboxylic acids is 1. The number of nitrogens with zero attached hydrogens (tertiary/aromatic N) is 1. The standard InChI is InChI=1S/C26H22BrNO4/c1-26(2,3)16-8-6-15(7-9-16)22-21-23(29)19-13-17(27)10-11-20(19)32-24(21)25(30)28(22)14-18-5-4-12-31-18/h4-13,22H,14H2,1-3H3/t22-/m0/s1. The minimum Gasteiger partial charge on any atom is -0.467 e. The maximum absolute atomic E-state index is 13.6. The molecular formula is C26H22BrNO4. The van der Waals surface area contributed by atoms with Crippen molar-refractivity contribution in [2.45, 2.75) is 38.8 Å². The van der Waals surface area contributed by atoms with Gasteiger partial charge in [0.2, 0.25) is 5.76 Å². The third-order valence-corrected chi connectivity index (χ3v) is 6.42. The summed E-state index contributed by atoms with van der Waals surface area (Å²) in [5.41, 5.74) is 2.61. The van der Waals surface area contributed by atoms with Crippen molar-refractivity contribution in [2.24, 2.45) is 0 Å². The smallest absolute Gasteiger partial charge is 0.291 e. The van der Waals surface area contributed by atoms with E-state index in [2.05, 4.69) is 48.8 Å². The Morgan fingerprint density at radius 1 is 1.03 bits per heavy atom. The number of fused-ring (bicyclic) bond motifs is 2. The van der Waals surface area contributed by atoms with E-state index >= 15 is 0 Å². The molecule has 0 N–H and O–H groups in total. The molecule has 6 heteroatoms. The molecule has 0 saturated heterocycles. The van der Waals surface area contributed by atoms with E-state index in [0.717, 1.165) is 10.0 Å². The normalized spacial score (nSPS) is 16.1. The van der Waals surface area contributed by atoms with Crippen molar-refractivity contribution in [3.63, 3.8) is 0 Å². The molecular weight excluding hydrogens is 470 g/mol. The summed E-state index contributed by atoms with van der Waals surface area (Å²) in [5.74, 6) is 0.423. The molecule has 0 saturated carbocycles. The molecule has 0 bridgehead atoms. The largest absolute Gasteiger partial charge is 0.467 e. The van der Waals surface area contributed by atoms with Crippen molar-refractivity contribution in [3.8, 4) is 0 Å². The van der Waals surface area contributed by atoms with Crippen LogP contribution in [0, 0.1) is 0 Å². The van der Waals surface area contributed by atoms with Crippen LogP contribution in [0.1, 0.15) is 59.8 Å². The first-order valence-electron chi connectivity index (χ1n) is 10.4. The molecule has 0 aliphatic carbocycles. The highest BCUT2D eigenvalue weighted by atomic mass is 79.9. The van der Waals surface area contributed by atoms with Gasteiger partial charge < -0.3 is 13.7 Å². The lowest BCUT2D eigenvalue weighted by atomic mass is 9.86. The van der Waals surface area contributed by atoms with E-state index in [-0.39, 0.29) is 29.1 Å². The number of amides is 1. The molecule has 5 rings (SSSR count). The van der Waals surface area contributed by atoms with E-state index in [1.807, 2.05) is 18.2 Å². The van der Waals surface area contributed by atoms with Crippen molar-refractivity contribution in [1.82, 2.24) is 4.90 Å². The molecule has 4 aromatic rings. The van der Waals surface area contributed by atoms with E-state index in [4.69, 9.17) is 8.83 Å². The van der Waals surface area contributed by atoms with Crippen LogP contribution in [0.3, 0.4) is 0 Å². The van der Waals surface area contributed by atoms with Gasteiger partial charge in [-0.15, -0.1) is 0 Å². The van der Waals surface area contributed by atoms with Gasteiger partial charge in [-0.2, -0.15) is 0 Å². The Morgan fingerprint density at radius 2 is 1.78 bits per heavy atom. The number of hydrogen-bond donors (Lipinski definition) is 0. The summed E-state index contributed by atoms with van der Waals surface area (Å²) in [6, 6.07) is 16.4. The second-order valence-corrected chi connectivity index (χ2v) is 10.0. The molecule has 3 heterocycles. The summed E-state index contributed by atoms with van der Waals surface area (Å²) in [6.07, 6.45) is 1.57. The Balaban J connectivity index is 1.71. The summed E-state index contributed by atoms with van der Waals surface area (Å²) < 4.78 is 12.3. The zero-order chi connectivity index (χ0) is 22.6. The first-order valence-corrected chi connectivity index (χ1v) is 11.2. The van der Waals surface area contributed by atoms with Crippen molar-refractivity contribution in [2.75, 3.05) is 0 Å². The number of carbonyl (C=O) groups is 1. The monoisotopic (exact) mass is 491 g/mol. The molecule has 1 amide bonds. The number of rotatable bonds is 3. The zero-order valence-electron chi connectivity index (χ0n) is 18.0. The molecule has 0 fully saturated rings. The van der Waals surface area contributed by atoms with E-state index in [1.165, 1.54) is 5.56 Å². The Morgan fingerprint density at radius 3 is 2.44 bits per heavy atom. The van der Waals surface area contributed by atoms with Crippen molar-refractivity contribution in [3.05, 3.63) is 104 Å². The number of halogens is 1. The average molecular weight is 492 g/mol. The van der Waals surface area contributed by atoms with E-state index in [1.54, 1.807) is 35.4 Å². The van der Waals surface area contributed by atoms with E-state index in [9.17, 15) is 9.59 Å². The number of benzene rings is 2. The fraction of sp³-hybridized carbons (Fsp3) is 0.231. The summed E-state index contributed by atoms with van der Waals surface area (Å²) in [4.78, 5) is 28.7. The van der Waals surface area contributed by atoms with Crippen molar-refractivity contribution >= 4 is 32.8 Å². The summed E-state index contributed by atoms with van der Waals surface area (Å²) in [5, 5.41) is 0.446. The first-order chi connectivity index (χ1) is 15.2. The number of furan rings is 1. The van der Waals surface area contributed by atoms with Gasteiger partial charge in [0.05, 0.1) is 29.8 Å². The molecule has 2 aromatic heterocycles. The predicted molar refractivity (Wildman–Crippen MR) is 126 cm³/mol. The van der Waals surface area contributed by atoms with Crippen molar-refractivity contribution in [1.29, 1.82) is 0 Å². The molecule has 2 aromatic carbocycles. The lowest BCUT2D eigenvalue weighted by Crippen LogP contribution is -2.29. The highest BCUT2D eigenvalue weighted by Crippen LogP contribution is 2.40. The van der Waals surface area contributed by atoms with Gasteiger partial charge in [-0.25, -0.2) is 0 Å². The Bertz CT molecular complexity index is 1380. The van der Waals surface area contributed by atoms with Gasteiger partial charge in [0.1, 0.15) is 11.3 Å². The minimum atomic E-state index is -0.559. The Labute approximate surface area is 193 Å². The van der Waals surface area contributed by atoms with Crippen LogP contribution in [0.2, 0.25) is 0 Å². The van der Waals surface area contributed by atoms with Crippen LogP contribution in [-0.2, 0) is 12.0 Å². The highest BCUT2D eigenvalue weighted by molar-refractivity contribution is 9.10. The van der Waals surface area contributed by atoms with Crippen molar-refractivity contribution < 1.29 is 13.6 Å². The zero-order valence-corrected chi connectivity index (χ0v) is 19.6. The van der Waals surface area contributed by atoms with Crippen LogP contribution in [0.15, 0.2) is 79.0 Å². The topological polar surface area (TPSA) is 63.7 Å². The Hall–Kier alpha value is -3.12. The molecule has 5 nitrogen and oxygen atoms in total. The maximum atomic E-state index is 13.6. The fourth-order valence-electron chi connectivity index (χ4n) is 4.24. The first kappa shape index (κ1) is 20.8. The maximum Gasteiger partial charge on any atom is 0.291 e. The van der Waals surface area contributed by atoms with Gasteiger partial charge in [-0.1, -0.05) is 61.0 Å². The van der Waals surface area contributed by atoms with Crippen LogP contribution in [0.4, 0.5) is 0 Å². The van der Waals surface area contributed by atoms with Crippen LogP contribution in [-0.4, -0.2) is 10.8 Å². The van der Waals surface area contributed by atoms with Gasteiger partial charge in [0.15, 0.2) is 5.43 Å². The van der Waals surface area contributed by atoms with Crippen LogP contribution < -0.4 is 5.43 Å². The average Bonchev–Trinajstić information content (AvgIpc) is 3.36. The summed E-state index contributed by atoms with van der Waals surface area (Å²) >= 11 is 3.43. The van der Waals surface area contributed by atoms with Gasteiger partial charge in [-0.3, -0.25) is 9.59 Å². The van der Waals surface area contributed by atoms with Gasteiger partial charge >= 0.3 is 0 Å². The molecule has 0 radical (unpaired) electrons. The third-order valence-electron chi connectivity index (χ3n) is 5.93. The van der Waals surface area contributed by atoms with Crippen LogP contribution in [0.5, 0.6) is 0 Å². The van der Waals surface area contributed by atoms with Crippen LogP contribution in [0.25, 0.3) is 11.0 Å². The SMILES string of the molecule is CC(C)(C)c1ccc([C@H]2c3c(oc4ccc(Br)cc4c3=O)C(=O)N2Cc2ccco2)cc1. The lowest BCUT2D eigenvalue weighted by molar-refractivity contribution is 0.0701. The van der Waals surface area contributed by atoms with E-state index in [0.29, 0.717) is 22.3 Å². The molecule has 0 spiro atoms. The minimum absolute atomic E-state index is 0.00268. The highest BCUT2D eigenvalue weighted by Gasteiger charge is 2.43. The molecule has 1 atom stereocenters. The van der Waals surface area contributed by atoms with Gasteiger partial charge in [0.25, 0.3) is 5.91 Å². The van der Waals surface area contributed by atoms with E-state index < -0.39 is 6.04 Å². The Kier molecular flexibility index (Phi) is 4.86. The van der Waals surface area contributed by atoms with Gasteiger partial charge in [-0.05, 0) is 46.9 Å². The lowest BCUT2D eigenvalue weighted by Gasteiger charge is -2.25. The molecule has 1 aliphatic rings. The fourth-order valence-corrected chi connectivity index (χ4v) is 4.60. The third kappa shape index (κ3) is 3.39. The summed E-state index contributed by atoms with van der Waals surface area (Å²) in [6.45, 7) is 6.69. The molecule has 1 aliphatic heterocycles. The number of hydrogen-bond acceptors (Lipinski definition) is 4. The second kappa shape index (κ2) is 7.48. The quantitative estimate of drug-likeness (QED) is 0.342. The molecule has 162 valence electrons. The predicted octanol–water partition coefficient (Wildman–Crippen LogP) is 6.19. The molecule has 0 unspecified atom stereocenters.